The van der Waals surface area contributed by atoms with Gasteiger partial charge in [-0.2, -0.15) is 18.3 Å². The SMILES string of the molecule is CCOc1ccc(C2CCCN2C(=O)c2nn(-c3ccccc3C(F)(F)F)c(C)cc2=O)cc1. The highest BCUT2D eigenvalue weighted by Crippen LogP contribution is 2.35. The first kappa shape index (κ1) is 23.5. The maximum absolute atomic E-state index is 13.6. The van der Waals surface area contributed by atoms with Crippen LogP contribution in [0.3, 0.4) is 0 Å². The van der Waals surface area contributed by atoms with Crippen LogP contribution in [0.4, 0.5) is 13.2 Å². The van der Waals surface area contributed by atoms with Crippen molar-refractivity contribution in [2.24, 2.45) is 0 Å². The van der Waals surface area contributed by atoms with E-state index in [1.807, 2.05) is 31.2 Å². The molecule has 178 valence electrons. The second kappa shape index (κ2) is 9.32. The van der Waals surface area contributed by atoms with E-state index in [0.717, 1.165) is 28.8 Å². The largest absolute Gasteiger partial charge is 0.494 e. The molecule has 1 aliphatic rings. The van der Waals surface area contributed by atoms with Crippen molar-refractivity contribution >= 4 is 5.91 Å². The van der Waals surface area contributed by atoms with Crippen LogP contribution < -0.4 is 10.2 Å². The average Bonchev–Trinajstić information content (AvgIpc) is 3.29. The third-order valence-electron chi connectivity index (χ3n) is 5.84. The summed E-state index contributed by atoms with van der Waals surface area (Å²) in [4.78, 5) is 27.7. The number of hydrogen-bond acceptors (Lipinski definition) is 4. The Morgan fingerprint density at radius 2 is 1.85 bits per heavy atom. The minimum atomic E-state index is -4.62. The fourth-order valence-corrected chi connectivity index (χ4v) is 4.28. The molecule has 0 spiro atoms. The molecule has 4 rings (SSSR count). The van der Waals surface area contributed by atoms with E-state index in [2.05, 4.69) is 5.10 Å². The first-order valence-electron chi connectivity index (χ1n) is 11.0. The number of amides is 1. The Bertz CT molecular complexity index is 1250. The molecule has 1 aliphatic heterocycles. The van der Waals surface area contributed by atoms with E-state index in [1.165, 1.54) is 25.1 Å². The van der Waals surface area contributed by atoms with E-state index < -0.39 is 28.8 Å². The summed E-state index contributed by atoms with van der Waals surface area (Å²) >= 11 is 0. The predicted octanol–water partition coefficient (Wildman–Crippen LogP) is 4.94. The van der Waals surface area contributed by atoms with Gasteiger partial charge >= 0.3 is 6.18 Å². The zero-order valence-corrected chi connectivity index (χ0v) is 18.8. The summed E-state index contributed by atoms with van der Waals surface area (Å²) in [6, 6.07) is 13.2. The summed E-state index contributed by atoms with van der Waals surface area (Å²) in [5.74, 6) is 0.119. The van der Waals surface area contributed by atoms with Gasteiger partial charge < -0.3 is 9.64 Å². The molecule has 0 bridgehead atoms. The molecule has 34 heavy (non-hydrogen) atoms. The number of likely N-dealkylation sites (tertiary alicyclic amines) is 1. The highest BCUT2D eigenvalue weighted by molar-refractivity contribution is 5.92. The van der Waals surface area contributed by atoms with Crippen molar-refractivity contribution in [3.05, 3.63) is 87.3 Å². The molecule has 1 saturated heterocycles. The van der Waals surface area contributed by atoms with E-state index in [-0.39, 0.29) is 17.4 Å². The summed E-state index contributed by atoms with van der Waals surface area (Å²) in [5, 5.41) is 4.12. The van der Waals surface area contributed by atoms with E-state index in [0.29, 0.717) is 25.3 Å². The molecule has 2 heterocycles. The lowest BCUT2D eigenvalue weighted by atomic mass is 10.0. The molecular formula is C25H24F3N3O3. The molecule has 0 N–H and O–H groups in total. The summed E-state index contributed by atoms with van der Waals surface area (Å²) in [7, 11) is 0. The van der Waals surface area contributed by atoms with E-state index in [4.69, 9.17) is 4.74 Å². The molecule has 1 amide bonds. The monoisotopic (exact) mass is 471 g/mol. The average molecular weight is 471 g/mol. The number of rotatable bonds is 5. The number of halogens is 3. The minimum absolute atomic E-state index is 0.197. The van der Waals surface area contributed by atoms with Crippen LogP contribution in [0.1, 0.15) is 53.1 Å². The van der Waals surface area contributed by atoms with Gasteiger partial charge in [-0.1, -0.05) is 24.3 Å². The number of aromatic nitrogens is 2. The quantitative estimate of drug-likeness (QED) is 0.529. The number of alkyl halides is 3. The Balaban J connectivity index is 1.71. The molecule has 2 aromatic carbocycles. The van der Waals surface area contributed by atoms with Gasteiger partial charge in [-0.25, -0.2) is 4.68 Å². The van der Waals surface area contributed by atoms with Crippen molar-refractivity contribution < 1.29 is 22.7 Å². The van der Waals surface area contributed by atoms with Gasteiger partial charge in [0.25, 0.3) is 5.91 Å². The number of para-hydroxylation sites is 1. The highest BCUT2D eigenvalue weighted by atomic mass is 19.4. The lowest BCUT2D eigenvalue weighted by Gasteiger charge is -2.25. The Hall–Kier alpha value is -3.62. The van der Waals surface area contributed by atoms with Gasteiger partial charge in [0.2, 0.25) is 5.43 Å². The molecule has 1 unspecified atom stereocenters. The molecule has 0 radical (unpaired) electrons. The first-order chi connectivity index (χ1) is 16.2. The van der Waals surface area contributed by atoms with Gasteiger partial charge in [0.05, 0.1) is 23.9 Å². The fraction of sp³-hybridized carbons (Fsp3) is 0.320. The molecule has 1 fully saturated rings. The van der Waals surface area contributed by atoms with Crippen molar-refractivity contribution in [2.45, 2.75) is 38.9 Å². The standard InChI is InChI=1S/C25H24F3N3O3/c1-3-34-18-12-10-17(11-13-18)20-9-6-14-30(20)24(33)23-22(32)15-16(2)31(29-23)21-8-5-4-7-19(21)25(26,27)28/h4-5,7-8,10-13,15,20H,3,6,9,14H2,1-2H3. The third-order valence-corrected chi connectivity index (χ3v) is 5.84. The van der Waals surface area contributed by atoms with Crippen LogP contribution in [0.25, 0.3) is 5.69 Å². The number of carbonyl (C=O) groups excluding carboxylic acids is 1. The van der Waals surface area contributed by atoms with Crippen LogP contribution in [0.5, 0.6) is 5.75 Å². The number of benzene rings is 2. The van der Waals surface area contributed by atoms with Crippen LogP contribution in [0.2, 0.25) is 0 Å². The van der Waals surface area contributed by atoms with Crippen molar-refractivity contribution in [1.82, 2.24) is 14.7 Å². The minimum Gasteiger partial charge on any atom is -0.494 e. The predicted molar refractivity (Wildman–Crippen MR) is 120 cm³/mol. The van der Waals surface area contributed by atoms with Crippen molar-refractivity contribution in [1.29, 1.82) is 0 Å². The molecule has 0 aliphatic carbocycles. The lowest BCUT2D eigenvalue weighted by Crippen LogP contribution is -2.36. The molecule has 6 nitrogen and oxygen atoms in total. The molecule has 1 aromatic heterocycles. The number of ether oxygens (including phenoxy) is 1. The van der Waals surface area contributed by atoms with Crippen molar-refractivity contribution in [3.63, 3.8) is 0 Å². The summed E-state index contributed by atoms with van der Waals surface area (Å²) in [5.41, 5.74) is -1.08. The van der Waals surface area contributed by atoms with Crippen molar-refractivity contribution in [2.75, 3.05) is 13.2 Å². The van der Waals surface area contributed by atoms with Crippen LogP contribution in [-0.4, -0.2) is 33.7 Å². The lowest BCUT2D eigenvalue weighted by molar-refractivity contribution is -0.137. The summed E-state index contributed by atoms with van der Waals surface area (Å²) in [6.07, 6.45) is -3.18. The fourth-order valence-electron chi connectivity index (χ4n) is 4.28. The first-order valence-corrected chi connectivity index (χ1v) is 11.0. The highest BCUT2D eigenvalue weighted by Gasteiger charge is 2.35. The Morgan fingerprint density at radius 1 is 1.15 bits per heavy atom. The van der Waals surface area contributed by atoms with Gasteiger partial charge in [-0.15, -0.1) is 0 Å². The van der Waals surface area contributed by atoms with Crippen LogP contribution in [0.15, 0.2) is 59.4 Å². The number of nitrogens with zero attached hydrogens (tertiary/aromatic N) is 3. The number of aryl methyl sites for hydroxylation is 1. The molecule has 0 saturated carbocycles. The van der Waals surface area contributed by atoms with Gasteiger partial charge in [0.1, 0.15) is 5.75 Å². The zero-order chi connectivity index (χ0) is 24.5. The van der Waals surface area contributed by atoms with E-state index >= 15 is 0 Å². The van der Waals surface area contributed by atoms with E-state index in [9.17, 15) is 22.8 Å². The maximum atomic E-state index is 13.6. The molecule has 1 atom stereocenters. The molecular weight excluding hydrogens is 447 g/mol. The second-order valence-electron chi connectivity index (χ2n) is 8.08. The summed E-state index contributed by atoms with van der Waals surface area (Å²) < 4.78 is 47.2. The van der Waals surface area contributed by atoms with Crippen molar-refractivity contribution in [3.8, 4) is 11.4 Å². The van der Waals surface area contributed by atoms with Crippen LogP contribution >= 0.6 is 0 Å². The van der Waals surface area contributed by atoms with Gasteiger partial charge in [-0.05, 0) is 56.5 Å². The molecule has 3 aromatic rings. The topological polar surface area (TPSA) is 64.4 Å². The number of carbonyl (C=O) groups is 1. The third kappa shape index (κ3) is 4.55. The molecule has 9 heteroatoms. The second-order valence-corrected chi connectivity index (χ2v) is 8.08. The maximum Gasteiger partial charge on any atom is 0.418 e. The number of hydrogen-bond donors (Lipinski definition) is 0. The van der Waals surface area contributed by atoms with Crippen LogP contribution in [0, 0.1) is 6.92 Å². The normalized spacial score (nSPS) is 16.0. The zero-order valence-electron chi connectivity index (χ0n) is 18.8. The smallest absolute Gasteiger partial charge is 0.418 e. The van der Waals surface area contributed by atoms with Gasteiger partial charge in [-0.3, -0.25) is 9.59 Å². The van der Waals surface area contributed by atoms with Gasteiger partial charge in [0.15, 0.2) is 5.69 Å². The van der Waals surface area contributed by atoms with Gasteiger partial charge in [0, 0.05) is 18.3 Å². The summed E-state index contributed by atoms with van der Waals surface area (Å²) in [6.45, 7) is 4.33. The van der Waals surface area contributed by atoms with Crippen LogP contribution in [-0.2, 0) is 6.18 Å². The Labute approximate surface area is 194 Å². The van der Waals surface area contributed by atoms with E-state index in [1.54, 1.807) is 4.90 Å². The Kier molecular flexibility index (Phi) is 6.45. The Morgan fingerprint density at radius 3 is 2.53 bits per heavy atom.